The van der Waals surface area contributed by atoms with Crippen LogP contribution in [0.15, 0.2) is 151 Å². The number of carbonyl (C=O) groups excluding carboxylic acids is 2. The van der Waals surface area contributed by atoms with E-state index in [0.717, 1.165) is 33.0 Å². The number of nitrogens with one attached hydrogen (secondary N) is 2. The molecule has 11 nitrogen and oxygen atoms in total. The molecule has 4 N–H and O–H groups in total. The first-order valence-corrected chi connectivity index (χ1v) is 22.6. The van der Waals surface area contributed by atoms with Crippen molar-refractivity contribution in [3.8, 4) is 0 Å². The molecule has 64 heavy (non-hydrogen) atoms. The molecular formula is C52H63N7O4S. The molecular weight excluding hydrogens is 819 g/mol. The van der Waals surface area contributed by atoms with Gasteiger partial charge in [-0.3, -0.25) is 30.0 Å². The van der Waals surface area contributed by atoms with Crippen LogP contribution in [-0.4, -0.2) is 106 Å². The van der Waals surface area contributed by atoms with Crippen molar-refractivity contribution in [2.24, 2.45) is 0 Å². The normalized spacial score (nSPS) is 15.4. The van der Waals surface area contributed by atoms with Crippen molar-refractivity contribution in [2.75, 3.05) is 35.2 Å². The van der Waals surface area contributed by atoms with E-state index in [9.17, 15) is 15.0 Å². The van der Waals surface area contributed by atoms with Gasteiger partial charge in [-0.25, -0.2) is 4.98 Å². The molecule has 6 unspecified atom stereocenters. The van der Waals surface area contributed by atoms with E-state index in [1.165, 1.54) is 11.3 Å². The summed E-state index contributed by atoms with van der Waals surface area (Å²) >= 11 is 1.49. The fourth-order valence-electron chi connectivity index (χ4n) is 9.06. The molecule has 6 rings (SSSR count). The zero-order valence-electron chi connectivity index (χ0n) is 38.2. The van der Waals surface area contributed by atoms with Gasteiger partial charge in [0.15, 0.2) is 0 Å². The molecule has 1 aromatic heterocycles. The summed E-state index contributed by atoms with van der Waals surface area (Å²) in [5.41, 5.74) is 2.42. The maximum Gasteiger partial charge on any atom is 0.254 e. The van der Waals surface area contributed by atoms with Crippen LogP contribution < -0.4 is 10.6 Å². The fraction of sp³-hybridized carbons (Fsp3) is 0.327. The topological polar surface area (TPSA) is 125 Å². The number of carbonyl (C=O) groups is 2. The Morgan fingerprint density at radius 2 is 1.02 bits per heavy atom. The highest BCUT2D eigenvalue weighted by atomic mass is 32.1. The molecule has 5 aromatic carbocycles. The van der Waals surface area contributed by atoms with Crippen molar-refractivity contribution in [3.05, 3.63) is 195 Å². The summed E-state index contributed by atoms with van der Waals surface area (Å²) in [6, 6.07) is 44.2. The molecule has 336 valence electrons. The number of aliphatic hydroxyl groups excluding tert-OH is 2. The number of nitrogens with zero attached hydrogens (tertiary/aromatic N) is 5. The van der Waals surface area contributed by atoms with Crippen LogP contribution in [0, 0.1) is 6.92 Å². The first kappa shape index (κ1) is 47.9. The van der Waals surface area contributed by atoms with Gasteiger partial charge in [0, 0.05) is 42.3 Å². The molecule has 0 spiro atoms. The average molecular weight is 882 g/mol. The second-order valence-electron chi connectivity index (χ2n) is 16.9. The van der Waals surface area contributed by atoms with E-state index >= 15 is 4.79 Å². The van der Waals surface area contributed by atoms with Gasteiger partial charge < -0.3 is 20.0 Å². The van der Waals surface area contributed by atoms with Gasteiger partial charge in [-0.1, -0.05) is 127 Å². The SMILES string of the molecule is Cc1csc(CN(C)C(=O)c2cccc(C(=O)N(C(C(C)O)C(NCc3ccccc3)(c3ccccc3)N(C)C)C(C(C)O)C(NCc3ccccc3)(c3ccccc3)N(C)C)c2)n1. The molecule has 0 aliphatic rings. The van der Waals surface area contributed by atoms with E-state index < -0.39 is 41.5 Å². The van der Waals surface area contributed by atoms with Gasteiger partial charge in [-0.2, -0.15) is 0 Å². The van der Waals surface area contributed by atoms with Crippen molar-refractivity contribution in [2.45, 2.75) is 76.0 Å². The van der Waals surface area contributed by atoms with Crippen LogP contribution in [0.5, 0.6) is 0 Å². The molecule has 6 atom stereocenters. The minimum absolute atomic E-state index is 0.216. The molecule has 0 aliphatic heterocycles. The highest BCUT2D eigenvalue weighted by Crippen LogP contribution is 2.42. The second-order valence-corrected chi connectivity index (χ2v) is 17.9. The minimum atomic E-state index is -1.29. The number of thiazole rings is 1. The third-order valence-corrected chi connectivity index (χ3v) is 12.9. The third-order valence-electron chi connectivity index (χ3n) is 12.0. The van der Waals surface area contributed by atoms with Crippen LogP contribution >= 0.6 is 11.3 Å². The summed E-state index contributed by atoms with van der Waals surface area (Å²) < 4.78 is 0. The van der Waals surface area contributed by atoms with Crippen LogP contribution in [0.3, 0.4) is 0 Å². The first-order chi connectivity index (χ1) is 30.7. The third kappa shape index (κ3) is 10.3. The Labute approximate surface area is 383 Å². The Hall–Kier alpha value is -5.57. The van der Waals surface area contributed by atoms with Crippen molar-refractivity contribution in [3.63, 3.8) is 0 Å². The summed E-state index contributed by atoms with van der Waals surface area (Å²) in [7, 11) is 9.46. The van der Waals surface area contributed by atoms with Crippen molar-refractivity contribution in [1.29, 1.82) is 0 Å². The second kappa shape index (κ2) is 21.4. The molecule has 1 heterocycles. The summed E-state index contributed by atoms with van der Waals surface area (Å²) in [5.74, 6) is -0.766. The number of aliphatic hydroxyl groups is 2. The molecule has 0 bridgehead atoms. The molecule has 0 radical (unpaired) electrons. The Bertz CT molecular complexity index is 2290. The van der Waals surface area contributed by atoms with E-state index in [2.05, 4.69) is 15.6 Å². The number of aryl methyl sites for hydroxylation is 1. The van der Waals surface area contributed by atoms with Gasteiger partial charge in [-0.05, 0) is 89.4 Å². The lowest BCUT2D eigenvalue weighted by molar-refractivity contribution is -0.121. The molecule has 0 saturated heterocycles. The van der Waals surface area contributed by atoms with Crippen LogP contribution in [-0.2, 0) is 31.0 Å². The van der Waals surface area contributed by atoms with Crippen LogP contribution in [0.2, 0.25) is 0 Å². The van der Waals surface area contributed by atoms with Gasteiger partial charge in [0.25, 0.3) is 11.8 Å². The zero-order chi connectivity index (χ0) is 46.0. The molecule has 2 amide bonds. The quantitative estimate of drug-likeness (QED) is 0.0597. The number of amides is 2. The van der Waals surface area contributed by atoms with Crippen molar-refractivity contribution < 1.29 is 19.8 Å². The lowest BCUT2D eigenvalue weighted by atomic mass is 9.79. The molecule has 12 heteroatoms. The zero-order valence-corrected chi connectivity index (χ0v) is 39.0. The first-order valence-electron chi connectivity index (χ1n) is 21.7. The van der Waals surface area contributed by atoms with Crippen molar-refractivity contribution in [1.82, 2.24) is 35.2 Å². The predicted molar refractivity (Wildman–Crippen MR) is 256 cm³/mol. The van der Waals surface area contributed by atoms with Gasteiger partial charge in [-0.15, -0.1) is 11.3 Å². The largest absolute Gasteiger partial charge is 0.391 e. The summed E-state index contributed by atoms with van der Waals surface area (Å²) in [4.78, 5) is 42.3. The summed E-state index contributed by atoms with van der Waals surface area (Å²) in [6.07, 6.45) is -2.42. The smallest absolute Gasteiger partial charge is 0.254 e. The van der Waals surface area contributed by atoms with E-state index in [1.54, 1.807) is 55.0 Å². The van der Waals surface area contributed by atoms with E-state index in [0.29, 0.717) is 25.2 Å². The Morgan fingerprint density at radius 1 is 0.609 bits per heavy atom. The van der Waals surface area contributed by atoms with E-state index in [4.69, 9.17) is 0 Å². The van der Waals surface area contributed by atoms with E-state index in [-0.39, 0.29) is 11.5 Å². The maximum absolute atomic E-state index is 16.3. The maximum atomic E-state index is 16.3. The Morgan fingerprint density at radius 3 is 1.39 bits per heavy atom. The number of hydrogen-bond acceptors (Lipinski definition) is 10. The van der Waals surface area contributed by atoms with Gasteiger partial charge in [0.05, 0.1) is 30.8 Å². The number of likely N-dealkylation sites (N-methyl/N-ethyl adjacent to an activating group) is 2. The lowest BCUT2D eigenvalue weighted by Gasteiger charge is -2.58. The summed E-state index contributed by atoms with van der Waals surface area (Å²) in [6.45, 7) is 6.36. The summed E-state index contributed by atoms with van der Waals surface area (Å²) in [5, 5.41) is 35.8. The van der Waals surface area contributed by atoms with Crippen LogP contribution in [0.4, 0.5) is 0 Å². The monoisotopic (exact) mass is 881 g/mol. The van der Waals surface area contributed by atoms with Gasteiger partial charge in [0.2, 0.25) is 0 Å². The highest BCUT2D eigenvalue weighted by Gasteiger charge is 2.57. The fourth-order valence-corrected chi connectivity index (χ4v) is 9.89. The van der Waals surface area contributed by atoms with Crippen LogP contribution in [0.1, 0.15) is 67.5 Å². The molecule has 0 fully saturated rings. The predicted octanol–water partition coefficient (Wildman–Crippen LogP) is 7.07. The number of hydrogen-bond donors (Lipinski definition) is 4. The minimum Gasteiger partial charge on any atom is -0.391 e. The van der Waals surface area contributed by atoms with Crippen LogP contribution in [0.25, 0.3) is 0 Å². The Kier molecular flexibility index (Phi) is 16.0. The Balaban J connectivity index is 1.63. The molecule has 0 aliphatic carbocycles. The number of aromatic nitrogens is 1. The average Bonchev–Trinajstić information content (AvgIpc) is 3.72. The van der Waals surface area contributed by atoms with Crippen molar-refractivity contribution >= 4 is 23.2 Å². The number of rotatable bonds is 20. The van der Waals surface area contributed by atoms with E-state index in [1.807, 2.05) is 172 Å². The van der Waals surface area contributed by atoms with Gasteiger partial charge >= 0.3 is 0 Å². The lowest BCUT2D eigenvalue weighted by Crippen LogP contribution is -2.76. The number of benzene rings is 5. The highest BCUT2D eigenvalue weighted by molar-refractivity contribution is 7.09. The van der Waals surface area contributed by atoms with Gasteiger partial charge in [0.1, 0.15) is 16.3 Å². The standard InChI is InChI=1S/C52H63N7O4S/c1-37-36-64-46(55-37)35-58(8)49(62)42-26-21-27-43(32-42)50(63)59(47(38(2)60)51(56(4)5,44-28-17-11-18-29-44)53-33-40-22-13-9-14-23-40)48(39(3)61)52(57(6)7,45-30-19-12-20-31-45)54-34-41-24-15-10-16-25-41/h9-32,36,38-39,47-48,53-54,60-61H,33-35H2,1-8H3. The molecule has 6 aromatic rings. The molecule has 0 saturated carbocycles.